The first kappa shape index (κ1) is 15.4. The molecule has 0 saturated carbocycles. The van der Waals surface area contributed by atoms with Gasteiger partial charge in [-0.3, -0.25) is 0 Å². The van der Waals surface area contributed by atoms with E-state index in [0.717, 1.165) is 12.2 Å². The minimum absolute atomic E-state index is 0.0841. The molecular weight excluding hydrogens is 339 g/mol. The normalized spacial score (nSPS) is 22.7. The summed E-state index contributed by atoms with van der Waals surface area (Å²) in [6.07, 6.45) is 1.09. The molecule has 0 spiro atoms. The van der Waals surface area contributed by atoms with Gasteiger partial charge in [0.1, 0.15) is 0 Å². The van der Waals surface area contributed by atoms with Crippen LogP contribution in [-0.2, 0) is 9.47 Å². The van der Waals surface area contributed by atoms with Gasteiger partial charge in [0.25, 0.3) is 0 Å². The van der Waals surface area contributed by atoms with Gasteiger partial charge in [0, 0.05) is 0 Å². The summed E-state index contributed by atoms with van der Waals surface area (Å²) in [6.45, 7) is 2.75. The molecule has 1 saturated heterocycles. The van der Waals surface area contributed by atoms with Crippen molar-refractivity contribution in [2.24, 2.45) is 0 Å². The van der Waals surface area contributed by atoms with Crippen LogP contribution in [0.15, 0.2) is 71.4 Å². The van der Waals surface area contributed by atoms with Crippen molar-refractivity contribution < 1.29 is 9.47 Å². The van der Waals surface area contributed by atoms with Gasteiger partial charge in [-0.2, -0.15) is 0 Å². The first-order chi connectivity index (χ1) is 10.9. The Balaban J connectivity index is 1.74. The van der Waals surface area contributed by atoms with Crippen LogP contribution in [0.5, 0.6) is 0 Å². The fraction of sp³-hybridized carbons (Fsp3) is 0.263. The van der Waals surface area contributed by atoms with Crippen molar-refractivity contribution in [3.63, 3.8) is 0 Å². The molecule has 114 valence electrons. The van der Waals surface area contributed by atoms with Crippen molar-refractivity contribution in [1.82, 2.24) is 0 Å². The average molecular weight is 359 g/mol. The predicted octanol–water partition coefficient (Wildman–Crippen LogP) is 3.42. The summed E-state index contributed by atoms with van der Waals surface area (Å²) < 4.78 is 13.4. The molecule has 0 radical (unpaired) electrons. The van der Waals surface area contributed by atoms with Crippen molar-refractivity contribution in [3.8, 4) is 0 Å². The third-order valence-corrected chi connectivity index (χ3v) is 5.49. The van der Waals surface area contributed by atoms with E-state index in [1.54, 1.807) is 0 Å². The van der Waals surface area contributed by atoms with Crippen LogP contribution in [-0.4, -0.2) is 27.7 Å². The molecule has 0 N–H and O–H groups in total. The molecule has 0 bridgehead atoms. The molecule has 2 aromatic carbocycles. The maximum atomic E-state index is 6.19. The molecular formula is C19H20O2Se. The van der Waals surface area contributed by atoms with Crippen molar-refractivity contribution >= 4 is 19.4 Å². The number of benzene rings is 2. The molecule has 1 heterocycles. The first-order valence-corrected chi connectivity index (χ1v) is 9.46. The monoisotopic (exact) mass is 360 g/mol. The van der Waals surface area contributed by atoms with E-state index in [-0.39, 0.29) is 27.2 Å². The molecule has 22 heavy (non-hydrogen) atoms. The van der Waals surface area contributed by atoms with Crippen molar-refractivity contribution in [3.05, 3.63) is 77.0 Å². The third-order valence-electron chi connectivity index (χ3n) is 3.62. The molecule has 1 fully saturated rings. The Kier molecular flexibility index (Phi) is 5.33. The second-order valence-corrected chi connectivity index (χ2v) is 7.13. The van der Waals surface area contributed by atoms with Gasteiger partial charge in [-0.05, 0) is 0 Å². The first-order valence-electron chi connectivity index (χ1n) is 7.62. The average Bonchev–Trinajstić information content (AvgIpc) is 2.98. The van der Waals surface area contributed by atoms with E-state index >= 15 is 0 Å². The minimum atomic E-state index is 0.0841. The van der Waals surface area contributed by atoms with Crippen LogP contribution in [0.1, 0.15) is 25.0 Å². The van der Waals surface area contributed by atoms with E-state index in [0.29, 0.717) is 6.61 Å². The van der Waals surface area contributed by atoms with Crippen LogP contribution in [0.2, 0.25) is 0 Å². The molecule has 1 aliphatic rings. The zero-order valence-corrected chi connectivity index (χ0v) is 14.4. The number of rotatable bonds is 5. The van der Waals surface area contributed by atoms with Gasteiger partial charge in [-0.15, -0.1) is 0 Å². The summed E-state index contributed by atoms with van der Waals surface area (Å²) in [5.41, 5.74) is 1.22. The molecule has 2 nitrogen and oxygen atoms in total. The molecule has 0 aromatic heterocycles. The Bertz CT molecular complexity index is 610. The quantitative estimate of drug-likeness (QED) is 0.762. The topological polar surface area (TPSA) is 18.5 Å². The van der Waals surface area contributed by atoms with Crippen molar-refractivity contribution in [2.45, 2.75) is 25.6 Å². The van der Waals surface area contributed by atoms with Gasteiger partial charge in [0.05, 0.1) is 0 Å². The number of ether oxygens (including phenoxy) is 2. The number of hydrogen-bond donors (Lipinski definition) is 0. The predicted molar refractivity (Wildman–Crippen MR) is 90.2 cm³/mol. The Labute approximate surface area is 138 Å². The Morgan fingerprint density at radius 2 is 1.77 bits per heavy atom. The summed E-state index contributed by atoms with van der Waals surface area (Å²) in [5.74, 6) is 1.000. The van der Waals surface area contributed by atoms with Crippen molar-refractivity contribution in [1.29, 1.82) is 0 Å². The van der Waals surface area contributed by atoms with Gasteiger partial charge in [0.15, 0.2) is 0 Å². The fourth-order valence-corrected chi connectivity index (χ4v) is 4.17. The van der Waals surface area contributed by atoms with E-state index in [1.807, 2.05) is 19.1 Å². The van der Waals surface area contributed by atoms with Crippen LogP contribution in [0.3, 0.4) is 0 Å². The zero-order valence-electron chi connectivity index (χ0n) is 12.6. The van der Waals surface area contributed by atoms with Gasteiger partial charge in [-0.1, -0.05) is 0 Å². The standard InChI is InChI=1S/C19H20O2Se/c1-2-20-18-13-17(15-9-5-3-6-10-15)21-19(18)14-22-16-11-7-4-8-12-16/h3-12,14,17-18H,2,13H2,1H3/b19-14-/t17-,18+/m0/s1. The Morgan fingerprint density at radius 3 is 2.45 bits per heavy atom. The molecule has 3 heteroatoms. The molecule has 3 rings (SSSR count). The fourth-order valence-electron chi connectivity index (χ4n) is 2.55. The van der Waals surface area contributed by atoms with Crippen LogP contribution >= 0.6 is 0 Å². The van der Waals surface area contributed by atoms with Gasteiger partial charge in [-0.25, -0.2) is 0 Å². The van der Waals surface area contributed by atoms with Crippen LogP contribution in [0.4, 0.5) is 0 Å². The summed E-state index contributed by atoms with van der Waals surface area (Å²) in [5, 5.41) is 0. The van der Waals surface area contributed by atoms with E-state index in [2.05, 4.69) is 53.5 Å². The van der Waals surface area contributed by atoms with Gasteiger partial charge >= 0.3 is 138 Å². The summed E-state index contributed by atoms with van der Waals surface area (Å²) in [4.78, 5) is 2.23. The second-order valence-electron chi connectivity index (χ2n) is 5.15. The van der Waals surface area contributed by atoms with Crippen LogP contribution < -0.4 is 4.46 Å². The zero-order chi connectivity index (χ0) is 15.2. The Morgan fingerprint density at radius 1 is 1.09 bits per heavy atom. The van der Waals surface area contributed by atoms with E-state index in [9.17, 15) is 0 Å². The summed E-state index contributed by atoms with van der Waals surface area (Å²) in [6, 6.07) is 20.9. The van der Waals surface area contributed by atoms with Gasteiger partial charge < -0.3 is 0 Å². The molecule has 0 unspecified atom stereocenters. The summed E-state index contributed by atoms with van der Waals surface area (Å²) >= 11 is 0.275. The van der Waals surface area contributed by atoms with Crippen molar-refractivity contribution in [2.75, 3.05) is 6.61 Å². The second kappa shape index (κ2) is 7.64. The molecule has 0 amide bonds. The third kappa shape index (κ3) is 3.80. The van der Waals surface area contributed by atoms with Crippen LogP contribution in [0.25, 0.3) is 0 Å². The Hall–Kier alpha value is -1.54. The molecule has 2 aromatic rings. The van der Waals surface area contributed by atoms with E-state index in [1.165, 1.54) is 10.0 Å². The molecule has 2 atom stereocenters. The van der Waals surface area contributed by atoms with E-state index < -0.39 is 0 Å². The van der Waals surface area contributed by atoms with E-state index in [4.69, 9.17) is 9.47 Å². The summed E-state index contributed by atoms with van der Waals surface area (Å²) in [7, 11) is 0. The van der Waals surface area contributed by atoms with Gasteiger partial charge in [0.2, 0.25) is 0 Å². The van der Waals surface area contributed by atoms with Crippen LogP contribution in [0, 0.1) is 0 Å². The SMILES string of the molecule is CCO[C@@H]1C[C@@H](c2ccccc2)O/C1=C\[Se]c1ccccc1. The molecule has 1 aliphatic heterocycles. The maximum absolute atomic E-state index is 6.19. The number of hydrogen-bond acceptors (Lipinski definition) is 2. The molecule has 0 aliphatic carbocycles.